The zero-order valence-corrected chi connectivity index (χ0v) is 45.3. The Labute approximate surface area is 487 Å². The summed E-state index contributed by atoms with van der Waals surface area (Å²) in [6.07, 6.45) is 0. The molecule has 0 unspecified atom stereocenters. The van der Waals surface area contributed by atoms with Crippen LogP contribution in [0.5, 0.6) is 23.0 Å². The molecule has 84 heavy (non-hydrogen) atoms. The van der Waals surface area contributed by atoms with E-state index in [1.54, 1.807) is 0 Å². The van der Waals surface area contributed by atoms with Gasteiger partial charge in [0.2, 0.25) is 0 Å². The molecule has 394 valence electrons. The largest absolute Gasteiger partial charge is 0.457 e. The molecule has 2 aromatic heterocycles. The van der Waals surface area contributed by atoms with E-state index in [2.05, 4.69) is 250 Å². The number of furan rings is 2. The van der Waals surface area contributed by atoms with E-state index in [-0.39, 0.29) is 13.4 Å². The number of hydrogen-bond donors (Lipinski definition) is 0. The Kier molecular flexibility index (Phi) is 11.0. The van der Waals surface area contributed by atoms with E-state index in [9.17, 15) is 0 Å². The average molecular weight is 1080 g/mol. The first kappa shape index (κ1) is 47.7. The lowest BCUT2D eigenvalue weighted by atomic mass is 9.31. The maximum absolute atomic E-state index is 7.32. The topological polar surface area (TPSA) is 57.7 Å². The Balaban J connectivity index is 0.992. The molecule has 0 N–H and O–H groups in total. The maximum atomic E-state index is 7.32. The molecule has 4 aliphatic heterocycles. The molecule has 0 radical (unpaired) electrons. The van der Waals surface area contributed by atoms with Gasteiger partial charge in [-0.1, -0.05) is 170 Å². The molecule has 0 saturated heterocycles. The molecule has 0 spiro atoms. The van der Waals surface area contributed by atoms with Crippen molar-refractivity contribution < 1.29 is 18.3 Å². The van der Waals surface area contributed by atoms with Crippen LogP contribution >= 0.6 is 0 Å². The lowest BCUT2D eigenvalue weighted by molar-refractivity contribution is 0.482. The molecule has 17 rings (SSSR count). The van der Waals surface area contributed by atoms with E-state index in [0.29, 0.717) is 11.5 Å². The highest BCUT2D eigenvalue weighted by atomic mass is 16.5. The molecule has 0 atom stereocenters. The summed E-state index contributed by atoms with van der Waals surface area (Å²) in [7, 11) is 0. The molecule has 11 aromatic carbocycles. The molecule has 13 aromatic rings. The van der Waals surface area contributed by atoms with Crippen molar-refractivity contribution in [3.63, 3.8) is 0 Å². The second-order valence-electron chi connectivity index (χ2n) is 21.6. The Morgan fingerprint density at radius 2 is 0.536 bits per heavy atom. The minimum Gasteiger partial charge on any atom is -0.457 e. The molecule has 0 fully saturated rings. The number of hydrogen-bond acceptors (Lipinski definition) is 8. The van der Waals surface area contributed by atoms with E-state index >= 15 is 0 Å². The summed E-state index contributed by atoms with van der Waals surface area (Å²) >= 11 is 0. The molecule has 0 aliphatic carbocycles. The van der Waals surface area contributed by atoms with Crippen LogP contribution in [0.1, 0.15) is 0 Å². The van der Waals surface area contributed by atoms with Crippen LogP contribution in [0.3, 0.4) is 0 Å². The monoisotopic (exact) mass is 1080 g/mol. The fraction of sp³-hybridized carbons (Fsp3) is 0. The highest BCUT2D eigenvalue weighted by molar-refractivity contribution is 7.02. The van der Waals surface area contributed by atoms with Gasteiger partial charge in [-0.15, -0.1) is 0 Å². The smallest absolute Gasteiger partial charge is 0.256 e. The number of rotatable bonds is 10. The average Bonchev–Trinajstić information content (AvgIpc) is 2.59. The van der Waals surface area contributed by atoms with Gasteiger partial charge in [-0.3, -0.25) is 9.80 Å². The molecule has 0 amide bonds. The van der Waals surface area contributed by atoms with Gasteiger partial charge in [0.15, 0.2) is 11.8 Å². The number of benzene rings is 11. The standard InChI is InChI=1S/C74H48B2N4O4/c1-9-25-49(26-10-1)69-47-61-73(83-69)79(53-33-17-5-18-34-53)67-43-57(81-55-37-21-7-22-38-55)41-65-71(67)75(61)59-45-64-60(46-63(59)77(65)51-29-13-3-14-30-51)76-62-48-70(50-27-11-2-12-28-50)84-74(62)80(54-35-19-6-20-36-54)68-44-58(82-56-39-23-8-24-40-56)42-66(72(68)76)78(64)52-31-15-4-16-32-52/h1-48H. The van der Waals surface area contributed by atoms with Crippen molar-refractivity contribution in [3.05, 3.63) is 291 Å². The van der Waals surface area contributed by atoms with Crippen molar-refractivity contribution in [3.8, 4) is 45.6 Å². The summed E-state index contributed by atoms with van der Waals surface area (Å²) in [5, 5.41) is 0. The summed E-state index contributed by atoms with van der Waals surface area (Å²) in [5.41, 5.74) is 18.6. The number of anilines is 12. The lowest BCUT2D eigenvalue weighted by Crippen LogP contribution is -2.64. The van der Waals surface area contributed by atoms with E-state index in [0.717, 1.165) is 136 Å². The number of fused-ring (bicyclic) bond motifs is 8. The van der Waals surface area contributed by atoms with Crippen LogP contribution in [0.2, 0.25) is 0 Å². The highest BCUT2D eigenvalue weighted by Crippen LogP contribution is 2.51. The first-order chi connectivity index (χ1) is 41.7. The first-order valence-corrected chi connectivity index (χ1v) is 28.5. The van der Waals surface area contributed by atoms with Crippen LogP contribution in [0.15, 0.2) is 300 Å². The van der Waals surface area contributed by atoms with Gasteiger partial charge >= 0.3 is 0 Å². The predicted octanol–water partition coefficient (Wildman–Crippen LogP) is 16.0. The Morgan fingerprint density at radius 1 is 0.250 bits per heavy atom. The van der Waals surface area contributed by atoms with Crippen LogP contribution < -0.4 is 61.9 Å². The van der Waals surface area contributed by atoms with Gasteiger partial charge in [0, 0.05) is 80.9 Å². The van der Waals surface area contributed by atoms with Crippen LogP contribution in [-0.4, -0.2) is 13.4 Å². The lowest BCUT2D eigenvalue weighted by Gasteiger charge is -2.46. The fourth-order valence-electron chi connectivity index (χ4n) is 13.2. The zero-order valence-electron chi connectivity index (χ0n) is 45.3. The predicted molar refractivity (Wildman–Crippen MR) is 343 cm³/mol. The quantitative estimate of drug-likeness (QED) is 0.126. The van der Waals surface area contributed by atoms with Crippen molar-refractivity contribution in [2.75, 3.05) is 19.6 Å². The molecule has 4 aliphatic rings. The van der Waals surface area contributed by atoms with Crippen molar-refractivity contribution in [1.29, 1.82) is 0 Å². The van der Waals surface area contributed by atoms with Crippen LogP contribution in [0.25, 0.3) is 22.6 Å². The molecule has 6 heterocycles. The third-order valence-corrected chi connectivity index (χ3v) is 16.7. The first-order valence-electron chi connectivity index (χ1n) is 28.5. The zero-order chi connectivity index (χ0) is 55.2. The van der Waals surface area contributed by atoms with E-state index in [1.165, 1.54) is 0 Å². The summed E-state index contributed by atoms with van der Waals surface area (Å²) in [6, 6.07) is 102. The maximum Gasteiger partial charge on any atom is 0.256 e. The van der Waals surface area contributed by atoms with Gasteiger partial charge < -0.3 is 28.1 Å². The summed E-state index contributed by atoms with van der Waals surface area (Å²) in [5.74, 6) is 5.94. The second kappa shape index (κ2) is 19.3. The van der Waals surface area contributed by atoms with Gasteiger partial charge in [0.25, 0.3) is 13.4 Å². The van der Waals surface area contributed by atoms with Gasteiger partial charge in [-0.05, 0) is 130 Å². The summed E-state index contributed by atoms with van der Waals surface area (Å²) in [6.45, 7) is -0.623. The Hall–Kier alpha value is -11.1. The fourth-order valence-corrected chi connectivity index (χ4v) is 13.2. The molecular formula is C74H48B2N4O4. The minimum absolute atomic E-state index is 0.311. The molecular weight excluding hydrogens is 1030 g/mol. The Bertz CT molecular complexity index is 4330. The summed E-state index contributed by atoms with van der Waals surface area (Å²) in [4.78, 5) is 9.49. The minimum atomic E-state index is -0.311. The van der Waals surface area contributed by atoms with Crippen LogP contribution in [0, 0.1) is 0 Å². The van der Waals surface area contributed by atoms with Gasteiger partial charge in [0.1, 0.15) is 34.5 Å². The van der Waals surface area contributed by atoms with Gasteiger partial charge in [0.05, 0.1) is 11.4 Å². The van der Waals surface area contributed by atoms with E-state index < -0.39 is 0 Å². The number of ether oxygens (including phenoxy) is 2. The van der Waals surface area contributed by atoms with Crippen molar-refractivity contribution in [2.24, 2.45) is 0 Å². The molecule has 0 bridgehead atoms. The molecule has 0 saturated carbocycles. The molecule has 10 heteroatoms. The normalized spacial score (nSPS) is 13.1. The molecule has 8 nitrogen and oxygen atoms in total. The van der Waals surface area contributed by atoms with E-state index in [1.807, 2.05) is 60.7 Å². The van der Waals surface area contributed by atoms with Crippen LogP contribution in [-0.2, 0) is 0 Å². The van der Waals surface area contributed by atoms with E-state index in [4.69, 9.17) is 18.3 Å². The number of para-hydroxylation sites is 6. The van der Waals surface area contributed by atoms with Gasteiger partial charge in [-0.2, -0.15) is 0 Å². The Morgan fingerprint density at radius 3 is 0.869 bits per heavy atom. The van der Waals surface area contributed by atoms with Crippen molar-refractivity contribution >= 4 is 115 Å². The number of nitrogens with zero attached hydrogens (tertiary/aromatic N) is 4. The summed E-state index contributed by atoms with van der Waals surface area (Å²) < 4.78 is 28.6. The third kappa shape index (κ3) is 7.65. The SMILES string of the molecule is c1ccc(Oc2cc3c4c(c2)N(c2ccccc2)c2oc(-c5ccccc5)cc2B4c2cc4c(cc2N3c2ccccc2)B2c3cc(-c5ccccc5)oc3N(c3ccccc3)c3cc(Oc5ccccc5)cc(c32)N4c2ccccc2)cc1. The highest BCUT2D eigenvalue weighted by Gasteiger charge is 2.50. The second-order valence-corrected chi connectivity index (χ2v) is 21.6. The van der Waals surface area contributed by atoms with Crippen molar-refractivity contribution in [2.45, 2.75) is 0 Å². The van der Waals surface area contributed by atoms with Gasteiger partial charge in [-0.25, -0.2) is 0 Å². The van der Waals surface area contributed by atoms with Crippen molar-refractivity contribution in [1.82, 2.24) is 0 Å². The third-order valence-electron chi connectivity index (χ3n) is 16.7. The van der Waals surface area contributed by atoms with Crippen LogP contribution in [0.4, 0.5) is 68.6 Å².